The van der Waals surface area contributed by atoms with Crippen molar-refractivity contribution in [3.8, 4) is 0 Å². The molecule has 3 rings (SSSR count). The normalized spacial score (nSPS) is 13.1. The predicted octanol–water partition coefficient (Wildman–Crippen LogP) is 4.17. The Morgan fingerprint density at radius 1 is 0.893 bits per heavy atom. The largest absolute Gasteiger partial charge is 0.408 e. The van der Waals surface area contributed by atoms with E-state index in [4.69, 9.17) is 4.43 Å². The smallest absolute Gasteiger partial charge is 0.280 e. The molecule has 3 aromatic rings. The van der Waals surface area contributed by atoms with Crippen LogP contribution in [0.15, 0.2) is 115 Å². The fourth-order valence-corrected chi connectivity index (χ4v) is 6.96. The minimum Gasteiger partial charge on any atom is -0.408 e. The molecular weight excluding hydrogens is 360 g/mol. The zero-order chi connectivity index (χ0) is 19.8. The lowest BCUT2D eigenvalue weighted by molar-refractivity contribution is 0.213. The highest BCUT2D eigenvalue weighted by Gasteiger charge is 2.37. The Balaban J connectivity index is 2.19. The van der Waals surface area contributed by atoms with E-state index < -0.39 is 14.4 Å². The Hall–Kier alpha value is -2.72. The average Bonchev–Trinajstić information content (AvgIpc) is 2.78. The van der Waals surface area contributed by atoms with Crippen LogP contribution >= 0.6 is 0 Å². The highest BCUT2D eigenvalue weighted by Crippen LogP contribution is 2.26. The SMILES string of the molecule is C=CC/C(=C\[Si](OC)(c1ccccc1)c1ccccc1)C(O)c1ccccc1. The number of aliphatic hydroxyl groups is 1. The van der Waals surface area contributed by atoms with Crippen LogP contribution in [0, 0.1) is 0 Å². The zero-order valence-electron chi connectivity index (χ0n) is 16.2. The molecule has 1 atom stereocenters. The second kappa shape index (κ2) is 9.47. The van der Waals surface area contributed by atoms with Crippen LogP contribution in [0.2, 0.25) is 0 Å². The molecule has 0 aliphatic heterocycles. The molecule has 0 fully saturated rings. The summed E-state index contributed by atoms with van der Waals surface area (Å²) in [5.74, 6) is 0. The van der Waals surface area contributed by atoms with Crippen molar-refractivity contribution in [1.29, 1.82) is 0 Å². The lowest BCUT2D eigenvalue weighted by Crippen LogP contribution is -2.59. The molecule has 0 bridgehead atoms. The molecule has 142 valence electrons. The van der Waals surface area contributed by atoms with E-state index in [2.05, 4.69) is 36.5 Å². The fraction of sp³-hybridized carbons (Fsp3) is 0.120. The first-order valence-corrected chi connectivity index (χ1v) is 11.4. The number of rotatable bonds is 8. The summed E-state index contributed by atoms with van der Waals surface area (Å²) in [5, 5.41) is 13.4. The molecule has 2 nitrogen and oxygen atoms in total. The van der Waals surface area contributed by atoms with Crippen molar-refractivity contribution in [3.63, 3.8) is 0 Å². The summed E-state index contributed by atoms with van der Waals surface area (Å²) in [6.07, 6.45) is 1.73. The van der Waals surface area contributed by atoms with Gasteiger partial charge in [0.05, 0.1) is 0 Å². The van der Waals surface area contributed by atoms with Crippen molar-refractivity contribution in [3.05, 3.63) is 120 Å². The van der Waals surface area contributed by atoms with Crippen molar-refractivity contribution < 1.29 is 9.53 Å². The maximum absolute atomic E-state index is 11.1. The van der Waals surface area contributed by atoms with E-state index >= 15 is 0 Å². The predicted molar refractivity (Wildman–Crippen MR) is 119 cm³/mol. The van der Waals surface area contributed by atoms with Gasteiger partial charge in [0.1, 0.15) is 6.10 Å². The third-order valence-electron chi connectivity index (χ3n) is 4.96. The second-order valence-corrected chi connectivity index (χ2v) is 10.0. The van der Waals surface area contributed by atoms with Crippen LogP contribution in [0.3, 0.4) is 0 Å². The Morgan fingerprint density at radius 3 is 1.79 bits per heavy atom. The van der Waals surface area contributed by atoms with Crippen molar-refractivity contribution in [1.82, 2.24) is 0 Å². The van der Waals surface area contributed by atoms with Crippen LogP contribution in [0.1, 0.15) is 18.1 Å². The van der Waals surface area contributed by atoms with E-state index in [1.165, 1.54) is 0 Å². The summed E-state index contributed by atoms with van der Waals surface area (Å²) in [4.78, 5) is 0. The summed E-state index contributed by atoms with van der Waals surface area (Å²) in [5.41, 5.74) is 3.95. The van der Waals surface area contributed by atoms with E-state index in [1.54, 1.807) is 7.11 Å². The van der Waals surface area contributed by atoms with Crippen LogP contribution < -0.4 is 10.4 Å². The van der Waals surface area contributed by atoms with Gasteiger partial charge in [-0.05, 0) is 27.9 Å². The van der Waals surface area contributed by atoms with Crippen LogP contribution in [-0.2, 0) is 4.43 Å². The number of hydrogen-bond acceptors (Lipinski definition) is 2. The molecule has 0 spiro atoms. The molecule has 0 radical (unpaired) electrons. The van der Waals surface area contributed by atoms with E-state index in [0.29, 0.717) is 6.42 Å². The third kappa shape index (κ3) is 4.23. The first kappa shape index (κ1) is 20.0. The zero-order valence-corrected chi connectivity index (χ0v) is 17.2. The first-order valence-electron chi connectivity index (χ1n) is 9.43. The minimum atomic E-state index is -2.69. The van der Waals surface area contributed by atoms with Gasteiger partial charge >= 0.3 is 0 Å². The Bertz CT molecular complexity index is 866. The minimum absolute atomic E-state index is 0.591. The lowest BCUT2D eigenvalue weighted by atomic mass is 10.0. The number of allylic oxidation sites excluding steroid dienone is 1. The summed E-state index contributed by atoms with van der Waals surface area (Å²) >= 11 is 0. The van der Waals surface area contributed by atoms with Gasteiger partial charge in [-0.3, -0.25) is 0 Å². The molecule has 0 aliphatic rings. The molecule has 1 N–H and O–H groups in total. The Labute approximate surface area is 168 Å². The monoisotopic (exact) mass is 386 g/mol. The molecule has 3 heteroatoms. The molecule has 0 amide bonds. The van der Waals surface area contributed by atoms with Gasteiger partial charge in [-0.25, -0.2) is 0 Å². The van der Waals surface area contributed by atoms with Crippen molar-refractivity contribution >= 4 is 18.7 Å². The molecule has 3 aromatic carbocycles. The van der Waals surface area contributed by atoms with Crippen molar-refractivity contribution in [2.75, 3.05) is 7.11 Å². The second-order valence-electron chi connectivity index (χ2n) is 6.70. The van der Waals surface area contributed by atoms with Gasteiger partial charge in [0.15, 0.2) is 0 Å². The number of benzene rings is 3. The third-order valence-corrected chi connectivity index (χ3v) is 8.77. The van der Waals surface area contributed by atoms with Crippen LogP contribution in [0.25, 0.3) is 0 Å². The van der Waals surface area contributed by atoms with Gasteiger partial charge in [0, 0.05) is 7.11 Å². The van der Waals surface area contributed by atoms with Crippen LogP contribution in [0.4, 0.5) is 0 Å². The first-order chi connectivity index (χ1) is 13.7. The Morgan fingerprint density at radius 2 is 1.36 bits per heavy atom. The van der Waals surface area contributed by atoms with Crippen LogP contribution in [-0.4, -0.2) is 20.5 Å². The molecule has 0 saturated heterocycles. The van der Waals surface area contributed by atoms with Gasteiger partial charge in [0.2, 0.25) is 0 Å². The average molecular weight is 387 g/mol. The molecule has 28 heavy (non-hydrogen) atoms. The summed E-state index contributed by atoms with van der Waals surface area (Å²) in [6.45, 7) is 3.90. The van der Waals surface area contributed by atoms with Gasteiger partial charge < -0.3 is 9.53 Å². The Kier molecular flexibility index (Phi) is 6.77. The number of hydrogen-bond donors (Lipinski definition) is 1. The maximum atomic E-state index is 11.1. The van der Waals surface area contributed by atoms with E-state index in [-0.39, 0.29) is 0 Å². The summed E-state index contributed by atoms with van der Waals surface area (Å²) in [6, 6.07) is 30.3. The standard InChI is InChI=1S/C25H26O2Si/c1-3-13-22(25(26)21-14-7-4-8-15-21)20-28(27-2,23-16-9-5-10-17-23)24-18-11-6-12-19-24/h3-12,14-20,25-26H,1,13H2,2H3/b22-20+. The van der Waals surface area contributed by atoms with Gasteiger partial charge in [-0.15, -0.1) is 6.58 Å². The fourth-order valence-electron chi connectivity index (χ4n) is 3.53. The molecule has 1 unspecified atom stereocenters. The topological polar surface area (TPSA) is 29.5 Å². The van der Waals surface area contributed by atoms with E-state index in [0.717, 1.165) is 21.5 Å². The van der Waals surface area contributed by atoms with E-state index in [1.807, 2.05) is 72.8 Å². The summed E-state index contributed by atoms with van der Waals surface area (Å²) < 4.78 is 6.29. The quantitative estimate of drug-likeness (QED) is 0.465. The van der Waals surface area contributed by atoms with Crippen molar-refractivity contribution in [2.45, 2.75) is 12.5 Å². The molecular formula is C25H26O2Si. The molecule has 0 heterocycles. The van der Waals surface area contributed by atoms with Gasteiger partial charge in [-0.2, -0.15) is 0 Å². The molecule has 0 aliphatic carbocycles. The van der Waals surface area contributed by atoms with Gasteiger partial charge in [-0.1, -0.05) is 103 Å². The molecule has 0 saturated carbocycles. The van der Waals surface area contributed by atoms with Gasteiger partial charge in [0.25, 0.3) is 8.32 Å². The van der Waals surface area contributed by atoms with Crippen molar-refractivity contribution in [2.24, 2.45) is 0 Å². The lowest BCUT2D eigenvalue weighted by Gasteiger charge is -2.30. The highest BCUT2D eigenvalue weighted by atomic mass is 28.4. The molecule has 0 aromatic heterocycles. The van der Waals surface area contributed by atoms with Crippen LogP contribution in [0.5, 0.6) is 0 Å². The summed E-state index contributed by atoms with van der Waals surface area (Å²) in [7, 11) is -0.920. The number of aliphatic hydroxyl groups excluding tert-OH is 1. The maximum Gasteiger partial charge on any atom is 0.280 e. The highest BCUT2D eigenvalue weighted by molar-refractivity contribution is 7.01. The van der Waals surface area contributed by atoms with E-state index in [9.17, 15) is 5.11 Å².